The molecular weight excluding hydrogens is 459 g/mol. The number of rotatable bonds is 8. The molecule has 0 spiro atoms. The summed E-state index contributed by atoms with van der Waals surface area (Å²) in [5, 5.41) is 17.6. The lowest BCUT2D eigenvalue weighted by Crippen LogP contribution is -2.05. The molecule has 0 bridgehead atoms. The molecule has 0 atom stereocenters. The fourth-order valence-electron chi connectivity index (χ4n) is 2.72. The first-order chi connectivity index (χ1) is 15.2. The molecule has 0 fully saturated rings. The minimum absolute atomic E-state index is 0.0487. The monoisotopic (exact) mass is 478 g/mol. The van der Waals surface area contributed by atoms with Crippen molar-refractivity contribution in [1.82, 2.24) is 9.97 Å². The molecule has 2 aromatic carbocycles. The minimum Gasteiger partial charge on any atom is -0.494 e. The first-order valence-electron chi connectivity index (χ1n) is 9.32. The SMILES string of the molecule is COc1cc(F)c([N+](=O)[O-])cc1Nc1ncc(Cl)c(Nc2cc(N)ccc2SC(C)C)n1. The van der Waals surface area contributed by atoms with Crippen LogP contribution in [0.15, 0.2) is 41.4 Å². The Morgan fingerprint density at radius 3 is 2.66 bits per heavy atom. The molecule has 12 heteroatoms. The molecule has 3 aromatic rings. The highest BCUT2D eigenvalue weighted by Crippen LogP contribution is 2.36. The van der Waals surface area contributed by atoms with Crippen LogP contribution >= 0.6 is 23.4 Å². The number of nitrogens with zero attached hydrogens (tertiary/aromatic N) is 3. The van der Waals surface area contributed by atoms with Gasteiger partial charge in [-0.15, -0.1) is 11.8 Å². The van der Waals surface area contributed by atoms with E-state index in [1.54, 1.807) is 23.9 Å². The molecular formula is C20H20ClFN6O3S. The van der Waals surface area contributed by atoms with Gasteiger partial charge in [0.05, 0.1) is 29.6 Å². The molecule has 9 nitrogen and oxygen atoms in total. The Balaban J connectivity index is 1.95. The summed E-state index contributed by atoms with van der Waals surface area (Å²) in [5.41, 5.74) is 6.62. The van der Waals surface area contributed by atoms with Crippen LogP contribution in [0.3, 0.4) is 0 Å². The summed E-state index contributed by atoms with van der Waals surface area (Å²) in [5.74, 6) is -0.615. The lowest BCUT2D eigenvalue weighted by atomic mass is 10.2. The van der Waals surface area contributed by atoms with Gasteiger partial charge in [-0.2, -0.15) is 9.37 Å². The van der Waals surface area contributed by atoms with Crippen LogP contribution in [0.4, 0.5) is 38.9 Å². The number of nitrogen functional groups attached to an aromatic ring is 1. The largest absolute Gasteiger partial charge is 0.494 e. The van der Waals surface area contributed by atoms with Crippen molar-refractivity contribution in [3.05, 3.63) is 57.5 Å². The molecule has 3 rings (SSSR count). The number of nitrogens with two attached hydrogens (primary N) is 1. The first-order valence-corrected chi connectivity index (χ1v) is 10.6. The van der Waals surface area contributed by atoms with Crippen LogP contribution in [-0.4, -0.2) is 27.3 Å². The third-order valence-corrected chi connectivity index (χ3v) is 5.43. The van der Waals surface area contributed by atoms with E-state index >= 15 is 0 Å². The van der Waals surface area contributed by atoms with Crippen molar-refractivity contribution >= 4 is 57.9 Å². The number of ether oxygens (including phenoxy) is 1. The molecule has 0 unspecified atom stereocenters. The van der Waals surface area contributed by atoms with Gasteiger partial charge in [0.15, 0.2) is 5.82 Å². The minimum atomic E-state index is -1.02. The lowest BCUT2D eigenvalue weighted by molar-refractivity contribution is -0.387. The van der Waals surface area contributed by atoms with E-state index in [-0.39, 0.29) is 28.2 Å². The highest BCUT2D eigenvalue weighted by Gasteiger charge is 2.20. The molecule has 0 saturated carbocycles. The molecule has 0 aliphatic rings. The predicted octanol–water partition coefficient (Wildman–Crippen LogP) is 5.76. The average Bonchev–Trinajstić information content (AvgIpc) is 2.72. The lowest BCUT2D eigenvalue weighted by Gasteiger charge is -2.15. The maximum atomic E-state index is 13.9. The van der Waals surface area contributed by atoms with Gasteiger partial charge in [-0.3, -0.25) is 10.1 Å². The van der Waals surface area contributed by atoms with Crippen molar-refractivity contribution in [2.45, 2.75) is 24.0 Å². The molecule has 1 aromatic heterocycles. The average molecular weight is 479 g/mol. The van der Waals surface area contributed by atoms with Crippen LogP contribution in [0.2, 0.25) is 5.02 Å². The summed E-state index contributed by atoms with van der Waals surface area (Å²) in [7, 11) is 1.31. The van der Waals surface area contributed by atoms with E-state index in [1.165, 1.54) is 13.3 Å². The van der Waals surface area contributed by atoms with E-state index in [0.717, 1.165) is 17.0 Å². The zero-order valence-corrected chi connectivity index (χ0v) is 18.9. The Kier molecular flexibility index (Phi) is 7.21. The van der Waals surface area contributed by atoms with Crippen molar-refractivity contribution in [2.75, 3.05) is 23.5 Å². The number of hydrogen-bond acceptors (Lipinski definition) is 9. The van der Waals surface area contributed by atoms with Crippen LogP contribution in [0.1, 0.15) is 13.8 Å². The second-order valence-electron chi connectivity index (χ2n) is 6.82. The standard InChI is InChI=1S/C20H20ClFN6O3S/c1-10(2)32-18-5-4-11(23)6-15(18)25-19-12(21)9-24-20(27-19)26-14-8-16(28(29)30)13(22)7-17(14)31-3/h4-10H,23H2,1-3H3,(H2,24,25,26,27). The number of aromatic nitrogens is 2. The third kappa shape index (κ3) is 5.48. The molecule has 0 aliphatic carbocycles. The smallest absolute Gasteiger partial charge is 0.307 e. The van der Waals surface area contributed by atoms with Gasteiger partial charge in [-0.05, 0) is 18.2 Å². The van der Waals surface area contributed by atoms with Gasteiger partial charge in [0.1, 0.15) is 10.8 Å². The Morgan fingerprint density at radius 1 is 1.25 bits per heavy atom. The third-order valence-electron chi connectivity index (χ3n) is 4.08. The summed E-state index contributed by atoms with van der Waals surface area (Å²) in [6, 6.07) is 7.39. The molecule has 0 saturated heterocycles. The van der Waals surface area contributed by atoms with Gasteiger partial charge in [0, 0.05) is 28.0 Å². The fourth-order valence-corrected chi connectivity index (χ4v) is 3.74. The van der Waals surface area contributed by atoms with Crippen LogP contribution in [0.25, 0.3) is 0 Å². The number of nitro benzene ring substituents is 1. The van der Waals surface area contributed by atoms with Gasteiger partial charge in [-0.25, -0.2) is 4.98 Å². The van der Waals surface area contributed by atoms with Crippen molar-refractivity contribution < 1.29 is 14.1 Å². The van der Waals surface area contributed by atoms with E-state index in [2.05, 4.69) is 34.4 Å². The van der Waals surface area contributed by atoms with Crippen molar-refractivity contribution in [3.63, 3.8) is 0 Å². The topological polar surface area (TPSA) is 128 Å². The van der Waals surface area contributed by atoms with Crippen molar-refractivity contribution in [1.29, 1.82) is 0 Å². The van der Waals surface area contributed by atoms with E-state index < -0.39 is 16.4 Å². The van der Waals surface area contributed by atoms with E-state index in [9.17, 15) is 14.5 Å². The Labute approximate surface area is 192 Å². The number of halogens is 2. The second kappa shape index (κ2) is 9.88. The highest BCUT2D eigenvalue weighted by atomic mass is 35.5. The second-order valence-corrected chi connectivity index (χ2v) is 8.85. The number of thioether (sulfide) groups is 1. The van der Waals surface area contributed by atoms with Crippen LogP contribution < -0.4 is 21.1 Å². The van der Waals surface area contributed by atoms with Crippen LogP contribution in [0, 0.1) is 15.9 Å². The molecule has 0 amide bonds. The van der Waals surface area contributed by atoms with Gasteiger partial charge in [-0.1, -0.05) is 25.4 Å². The Bertz CT molecular complexity index is 1160. The maximum absolute atomic E-state index is 13.9. The normalized spacial score (nSPS) is 10.8. The van der Waals surface area contributed by atoms with Crippen LogP contribution in [0.5, 0.6) is 5.75 Å². The van der Waals surface area contributed by atoms with E-state index in [0.29, 0.717) is 16.6 Å². The van der Waals surface area contributed by atoms with E-state index in [1.807, 2.05) is 6.07 Å². The summed E-state index contributed by atoms with van der Waals surface area (Å²) in [6.45, 7) is 4.14. The molecule has 4 N–H and O–H groups in total. The van der Waals surface area contributed by atoms with Gasteiger partial charge in [0.25, 0.3) is 0 Å². The van der Waals surface area contributed by atoms with Gasteiger partial charge in [0.2, 0.25) is 11.8 Å². The molecule has 32 heavy (non-hydrogen) atoms. The predicted molar refractivity (Wildman–Crippen MR) is 125 cm³/mol. The maximum Gasteiger partial charge on any atom is 0.307 e. The van der Waals surface area contributed by atoms with Gasteiger partial charge < -0.3 is 21.1 Å². The number of nitro groups is 1. The van der Waals surface area contributed by atoms with Crippen molar-refractivity contribution in [3.8, 4) is 5.75 Å². The summed E-state index contributed by atoms with van der Waals surface area (Å²) in [4.78, 5) is 19.7. The summed E-state index contributed by atoms with van der Waals surface area (Å²) in [6.07, 6.45) is 1.37. The molecule has 0 radical (unpaired) electrons. The Morgan fingerprint density at radius 2 is 2.00 bits per heavy atom. The van der Waals surface area contributed by atoms with E-state index in [4.69, 9.17) is 22.1 Å². The molecule has 168 valence electrons. The zero-order valence-electron chi connectivity index (χ0n) is 17.3. The first kappa shape index (κ1) is 23.4. The number of methoxy groups -OCH3 is 1. The molecule has 1 heterocycles. The summed E-state index contributed by atoms with van der Waals surface area (Å²) < 4.78 is 19.0. The Hall–Kier alpha value is -3.31. The zero-order chi connectivity index (χ0) is 23.4. The summed E-state index contributed by atoms with van der Waals surface area (Å²) >= 11 is 7.92. The molecule has 0 aliphatic heterocycles. The van der Waals surface area contributed by atoms with Crippen LogP contribution in [-0.2, 0) is 0 Å². The number of benzene rings is 2. The highest BCUT2D eigenvalue weighted by molar-refractivity contribution is 8.00. The number of anilines is 5. The number of nitrogens with one attached hydrogen (secondary N) is 2. The number of hydrogen-bond donors (Lipinski definition) is 3. The quantitative estimate of drug-likeness (QED) is 0.160. The van der Waals surface area contributed by atoms with Crippen molar-refractivity contribution in [2.24, 2.45) is 0 Å². The van der Waals surface area contributed by atoms with Gasteiger partial charge >= 0.3 is 5.69 Å². The fraction of sp³-hybridized carbons (Fsp3) is 0.200.